The molecule has 3 aliphatic rings. The van der Waals surface area contributed by atoms with Gasteiger partial charge in [0, 0.05) is 60.1 Å². The molecule has 10 N–H and O–H groups in total. The standard InChI is InChI=1S/C45H57N6O21P3S2/c1-6-49-33-20-18-29(76(63,64)65)24-31(33)44(2,3)36(49)15-9-7-10-16-37-45(4,5)32-25-30(77(66,67)68)19-21-34(32)50(37)23-12-8-11-17-38(52)47-22-13-14-28-26-51(43(55)48-41(28)46)42-40(54)39(53)35(70-42)27-69-74(59,60)72-75(61,62)71-73(56,57)58/h7,9-10,15-16,18-21,24-26,35,39-40,42,53-54H,6,8,11-12,17,22-23,27H2,1-5H3,(H8-,46,47,48,52,55,56,57,58,59,60,61,62,63,64,65,66,67,68)/t35-,39-,40-,42-/m1/s1. The van der Waals surface area contributed by atoms with E-state index >= 15 is 0 Å². The highest BCUT2D eigenvalue weighted by Crippen LogP contribution is 2.66. The number of fused-ring (bicyclic) bond motifs is 2. The van der Waals surface area contributed by atoms with Crippen molar-refractivity contribution in [3.05, 3.63) is 106 Å². The number of amides is 1. The van der Waals surface area contributed by atoms with Gasteiger partial charge in [-0.3, -0.25) is 18.4 Å². The van der Waals surface area contributed by atoms with Crippen molar-refractivity contribution in [1.82, 2.24) is 14.9 Å². The van der Waals surface area contributed by atoms with Gasteiger partial charge >= 0.3 is 29.2 Å². The minimum atomic E-state index is -5.86. The maximum atomic E-state index is 12.8. The van der Waals surface area contributed by atoms with E-state index < -0.39 is 91.4 Å². The molecule has 0 saturated carbocycles. The number of anilines is 2. The number of phosphoric acid groups is 3. The largest absolute Gasteiger partial charge is 0.744 e. The molecule has 27 nitrogen and oxygen atoms in total. The molecular weight excluding hydrogens is 1120 g/mol. The summed E-state index contributed by atoms with van der Waals surface area (Å²) in [7, 11) is -26.3. The zero-order valence-corrected chi connectivity index (χ0v) is 46.1. The first-order valence-corrected chi connectivity index (χ1v) is 30.6. The third-order valence-electron chi connectivity index (χ3n) is 12.7. The number of carbonyl (C=O) groups is 1. The van der Waals surface area contributed by atoms with Gasteiger partial charge < -0.3 is 55.0 Å². The Bertz CT molecular complexity index is 3450. The first kappa shape index (κ1) is 61.2. The molecule has 0 bridgehead atoms. The maximum Gasteiger partial charge on any atom is 0.490 e. The molecule has 0 radical (unpaired) electrons. The van der Waals surface area contributed by atoms with Crippen LogP contribution < -0.4 is 21.6 Å². The quantitative estimate of drug-likeness (QED) is 0.0185. The lowest BCUT2D eigenvalue weighted by atomic mass is 9.81. The number of nitrogens with zero attached hydrogens (tertiary/aromatic N) is 4. The highest BCUT2D eigenvalue weighted by molar-refractivity contribution is 7.86. The van der Waals surface area contributed by atoms with E-state index in [1.807, 2.05) is 69.9 Å². The number of aliphatic hydroxyl groups is 2. The molecule has 77 heavy (non-hydrogen) atoms. The van der Waals surface area contributed by atoms with E-state index in [0.29, 0.717) is 48.0 Å². The Labute approximate surface area is 442 Å². The normalized spacial score (nSPS) is 22.2. The number of rotatable bonds is 21. The fraction of sp³-hybridized carbons (Fsp3) is 0.422. The molecular formula is C45H57N6O21P3S2. The molecule has 3 aromatic rings. The molecule has 0 spiro atoms. The number of aliphatic hydroxyl groups excluding tert-OH is 2. The Balaban J connectivity index is 1.06. The van der Waals surface area contributed by atoms with Gasteiger partial charge in [-0.05, 0) is 75.6 Å². The summed E-state index contributed by atoms with van der Waals surface area (Å²) in [6.07, 6.45) is 4.88. The molecule has 1 saturated heterocycles. The number of unbranched alkanes of at least 4 members (excludes halogenated alkanes) is 2. The third-order valence-corrected chi connectivity index (χ3v) is 18.1. The van der Waals surface area contributed by atoms with Crippen LogP contribution in [0.3, 0.4) is 0 Å². The van der Waals surface area contributed by atoms with Crippen molar-refractivity contribution in [2.24, 2.45) is 0 Å². The van der Waals surface area contributed by atoms with Crippen molar-refractivity contribution in [3.8, 4) is 11.8 Å². The Hall–Kier alpha value is -5.05. The summed E-state index contributed by atoms with van der Waals surface area (Å²) in [5, 5.41) is 23.8. The molecule has 1 amide bonds. The van der Waals surface area contributed by atoms with E-state index in [4.69, 9.17) is 20.3 Å². The van der Waals surface area contributed by atoms with Crippen LogP contribution >= 0.6 is 23.5 Å². The monoisotopic (exact) mass is 1170 g/mol. The molecule has 1 fully saturated rings. The minimum Gasteiger partial charge on any atom is -0.744 e. The number of nitrogens with two attached hydrogens (primary N) is 1. The number of carbonyl (C=O) groups excluding carboxylic acids is 1. The van der Waals surface area contributed by atoms with Gasteiger partial charge in [-0.1, -0.05) is 43.9 Å². The van der Waals surface area contributed by atoms with Gasteiger partial charge in [-0.15, -0.1) is 0 Å². The molecule has 1 aromatic heterocycles. The Morgan fingerprint density at radius 3 is 2.26 bits per heavy atom. The van der Waals surface area contributed by atoms with Crippen molar-refractivity contribution < 1.29 is 96.7 Å². The van der Waals surface area contributed by atoms with Gasteiger partial charge in [-0.2, -0.15) is 26.6 Å². The van der Waals surface area contributed by atoms with E-state index in [0.717, 1.165) is 29.0 Å². The maximum absolute atomic E-state index is 12.8. The van der Waals surface area contributed by atoms with Crippen LogP contribution in [0.2, 0.25) is 0 Å². The van der Waals surface area contributed by atoms with Gasteiger partial charge in [0.2, 0.25) is 11.6 Å². The van der Waals surface area contributed by atoms with Crippen LogP contribution in [0.25, 0.3) is 0 Å². The summed E-state index contributed by atoms with van der Waals surface area (Å²) < 4.78 is 124. The average Bonchev–Trinajstić information content (AvgIpc) is 3.81. The average molecular weight is 1180 g/mol. The van der Waals surface area contributed by atoms with E-state index in [1.54, 1.807) is 12.1 Å². The van der Waals surface area contributed by atoms with Gasteiger partial charge in [0.25, 0.3) is 10.1 Å². The molecule has 6 rings (SSSR count). The van der Waals surface area contributed by atoms with Gasteiger partial charge in [-0.25, -0.2) is 26.9 Å². The van der Waals surface area contributed by atoms with Crippen LogP contribution in [0.4, 0.5) is 17.2 Å². The zero-order valence-electron chi connectivity index (χ0n) is 41.8. The molecule has 2 unspecified atom stereocenters. The molecule has 3 aliphatic heterocycles. The molecule has 6 atom stereocenters. The van der Waals surface area contributed by atoms with Crippen LogP contribution in [0, 0.1) is 11.8 Å². The molecule has 420 valence electrons. The second-order valence-corrected chi connectivity index (χ2v) is 25.9. The SMILES string of the molecule is CCN1C(=CC=CC=CC2=[N+](CCCCCC(=O)NCC#Cc3cn([C@@H]4O[C@H](COP(=O)(O)OP(=O)(O)OP(=O)(O)O)[C@@H](O)[C@H]4O)c(=O)nc3N)c3ccc(S(=O)(=O)O)cc3C2(C)C)C(C)(C)c2cc(S(=O)(=O)[O-])ccc21. The molecule has 4 heterocycles. The number of nitrogens with one attached hydrogen (secondary N) is 1. The molecule has 0 aliphatic carbocycles. The first-order valence-electron chi connectivity index (χ1n) is 23.2. The van der Waals surface area contributed by atoms with Crippen LogP contribution in [0.5, 0.6) is 0 Å². The van der Waals surface area contributed by atoms with E-state index in [-0.39, 0.29) is 40.0 Å². The first-order chi connectivity index (χ1) is 35.6. The van der Waals surface area contributed by atoms with E-state index in [1.165, 1.54) is 24.3 Å². The van der Waals surface area contributed by atoms with E-state index in [2.05, 4.69) is 39.9 Å². The summed E-state index contributed by atoms with van der Waals surface area (Å²) in [5.41, 5.74) is 7.99. The molecule has 2 aromatic carbocycles. The number of ether oxygens (including phenoxy) is 1. The van der Waals surface area contributed by atoms with E-state index in [9.17, 15) is 69.2 Å². The predicted octanol–water partition coefficient (Wildman–Crippen LogP) is 2.86. The second kappa shape index (κ2) is 23.3. The lowest BCUT2D eigenvalue weighted by Gasteiger charge is -2.25. The van der Waals surface area contributed by atoms with Crippen LogP contribution in [-0.2, 0) is 67.4 Å². The van der Waals surface area contributed by atoms with Crippen molar-refractivity contribution in [1.29, 1.82) is 0 Å². The zero-order chi connectivity index (χ0) is 57.3. The summed E-state index contributed by atoms with van der Waals surface area (Å²) >= 11 is 0. The fourth-order valence-corrected chi connectivity index (χ4v) is 13.0. The summed E-state index contributed by atoms with van der Waals surface area (Å²) in [5.74, 6) is 4.60. The predicted molar refractivity (Wildman–Crippen MR) is 273 cm³/mol. The smallest absolute Gasteiger partial charge is 0.490 e. The highest BCUT2D eigenvalue weighted by Gasteiger charge is 2.48. The number of likely N-dealkylation sites (N-methyl/N-ethyl adjacent to an activating group) is 1. The van der Waals surface area contributed by atoms with Crippen LogP contribution in [0.15, 0.2) is 93.3 Å². The Kier molecular flexibility index (Phi) is 18.5. The highest BCUT2D eigenvalue weighted by atomic mass is 32.2. The van der Waals surface area contributed by atoms with Crippen molar-refractivity contribution in [3.63, 3.8) is 0 Å². The number of aromatic nitrogens is 2. The number of hydrogen-bond acceptors (Lipinski definition) is 19. The van der Waals surface area contributed by atoms with Crippen LogP contribution in [-0.4, -0.2) is 126 Å². The number of allylic oxidation sites excluding steroid dienone is 6. The summed E-state index contributed by atoms with van der Waals surface area (Å²) in [4.78, 5) is 67.2. The Morgan fingerprint density at radius 1 is 0.935 bits per heavy atom. The number of benzene rings is 2. The number of phosphoric ester groups is 1. The fourth-order valence-electron chi connectivity index (χ4n) is 8.99. The Morgan fingerprint density at radius 2 is 1.61 bits per heavy atom. The van der Waals surface area contributed by atoms with Crippen molar-refractivity contribution in [2.45, 2.75) is 105 Å². The lowest BCUT2D eigenvalue weighted by Crippen LogP contribution is -2.36. The van der Waals surface area contributed by atoms with Gasteiger partial charge in [0.15, 0.2) is 11.9 Å². The molecule has 32 heteroatoms. The van der Waals surface area contributed by atoms with Crippen LogP contribution in [0.1, 0.15) is 83.2 Å². The third kappa shape index (κ3) is 14.6. The minimum absolute atomic E-state index is 0.0803. The number of hydrogen-bond donors (Lipinski definition) is 9. The summed E-state index contributed by atoms with van der Waals surface area (Å²) in [6, 6.07) is 8.79. The van der Waals surface area contributed by atoms with Gasteiger partial charge in [0.1, 0.15) is 40.8 Å². The van der Waals surface area contributed by atoms with Crippen molar-refractivity contribution >= 4 is 72.5 Å². The topological polar surface area (TPSA) is 417 Å². The second-order valence-electron chi connectivity index (χ2n) is 18.7. The van der Waals surface area contributed by atoms with Gasteiger partial charge in [0.05, 0.1) is 33.9 Å². The van der Waals surface area contributed by atoms with Crippen molar-refractivity contribution in [2.75, 3.05) is 36.9 Å². The lowest BCUT2D eigenvalue weighted by molar-refractivity contribution is -0.438. The number of nitrogen functional groups attached to an aromatic ring is 1. The summed E-state index contributed by atoms with van der Waals surface area (Å²) in [6.45, 7) is 9.46.